The molecule has 0 aromatic carbocycles. The molecule has 23 heavy (non-hydrogen) atoms. The number of piperazine rings is 1. The zero-order chi connectivity index (χ0) is 16.4. The first-order valence-electron chi connectivity index (χ1n) is 7.90. The number of carbonyl (C=O) groups excluding carboxylic acids is 2. The van der Waals surface area contributed by atoms with E-state index in [1.54, 1.807) is 11.8 Å². The highest BCUT2D eigenvalue weighted by atomic mass is 32.2. The van der Waals surface area contributed by atoms with Crippen molar-refractivity contribution in [2.75, 3.05) is 49.6 Å². The molecule has 124 valence electrons. The van der Waals surface area contributed by atoms with E-state index in [1.807, 2.05) is 18.3 Å². The fourth-order valence-corrected chi connectivity index (χ4v) is 3.92. The van der Waals surface area contributed by atoms with Crippen LogP contribution in [0.5, 0.6) is 0 Å². The normalized spacial score (nSPS) is 22.7. The van der Waals surface area contributed by atoms with E-state index in [4.69, 9.17) is 0 Å². The van der Waals surface area contributed by atoms with Gasteiger partial charge in [0.25, 0.3) is 0 Å². The molecule has 3 heterocycles. The van der Waals surface area contributed by atoms with Gasteiger partial charge >= 0.3 is 0 Å². The molecule has 6 nitrogen and oxygen atoms in total. The topological polar surface area (TPSA) is 56.8 Å². The molecule has 0 aliphatic carbocycles. The van der Waals surface area contributed by atoms with Crippen molar-refractivity contribution < 1.29 is 9.59 Å². The average molecular weight is 334 g/mol. The van der Waals surface area contributed by atoms with E-state index in [2.05, 4.69) is 21.8 Å². The second-order valence-corrected chi connectivity index (χ2v) is 7.58. The number of pyridine rings is 1. The zero-order valence-electron chi connectivity index (χ0n) is 13.6. The summed E-state index contributed by atoms with van der Waals surface area (Å²) < 4.78 is 0. The summed E-state index contributed by atoms with van der Waals surface area (Å²) in [5, 5.41) is 0.0992. The third-order valence-corrected chi connectivity index (χ3v) is 5.28. The lowest BCUT2D eigenvalue weighted by atomic mass is 10.3. The van der Waals surface area contributed by atoms with E-state index in [0.717, 1.165) is 31.9 Å². The minimum Gasteiger partial charge on any atom is -0.368 e. The molecule has 2 fully saturated rings. The highest BCUT2D eigenvalue weighted by Gasteiger charge is 2.32. The van der Waals surface area contributed by atoms with Gasteiger partial charge < -0.3 is 9.80 Å². The summed E-state index contributed by atoms with van der Waals surface area (Å²) in [6.45, 7) is 6.20. The first-order chi connectivity index (χ1) is 11.0. The number of hydrogen-bond donors (Lipinski definition) is 0. The van der Waals surface area contributed by atoms with Crippen LogP contribution in [0, 0.1) is 0 Å². The number of rotatable bonds is 3. The lowest BCUT2D eigenvalue weighted by molar-refractivity contribution is -0.117. The molecule has 1 unspecified atom stereocenters. The van der Waals surface area contributed by atoms with Crippen LogP contribution in [0.25, 0.3) is 0 Å². The summed E-state index contributed by atoms with van der Waals surface area (Å²) in [7, 11) is 2.13. The Balaban J connectivity index is 1.65. The number of nitrogens with zero attached hydrogens (tertiary/aromatic N) is 4. The predicted molar refractivity (Wildman–Crippen MR) is 93.0 cm³/mol. The fourth-order valence-electron chi connectivity index (χ4n) is 3.00. The van der Waals surface area contributed by atoms with Crippen LogP contribution in [-0.2, 0) is 9.59 Å². The van der Waals surface area contributed by atoms with Crippen molar-refractivity contribution in [2.45, 2.75) is 18.6 Å². The lowest BCUT2D eigenvalue weighted by Gasteiger charge is -2.33. The third kappa shape index (κ3) is 3.84. The van der Waals surface area contributed by atoms with Gasteiger partial charge in [0.1, 0.15) is 5.82 Å². The van der Waals surface area contributed by atoms with Crippen LogP contribution in [0.2, 0.25) is 0 Å². The van der Waals surface area contributed by atoms with Crippen LogP contribution in [0.1, 0.15) is 13.3 Å². The summed E-state index contributed by atoms with van der Waals surface area (Å²) in [4.78, 5) is 34.1. The molecule has 7 heteroatoms. The van der Waals surface area contributed by atoms with Gasteiger partial charge in [0.2, 0.25) is 5.91 Å². The van der Waals surface area contributed by atoms with Crippen molar-refractivity contribution in [1.29, 1.82) is 0 Å². The monoisotopic (exact) mass is 334 g/mol. The molecule has 0 saturated carbocycles. The summed E-state index contributed by atoms with van der Waals surface area (Å²) in [6, 6.07) is 3.94. The van der Waals surface area contributed by atoms with Crippen molar-refractivity contribution in [3.05, 3.63) is 18.3 Å². The van der Waals surface area contributed by atoms with E-state index < -0.39 is 0 Å². The molecule has 0 spiro atoms. The SMILES string of the molecule is CC(=O)SC1CC(=O)N(c2ccc(N3CCN(C)CC3)cn2)C1. The first kappa shape index (κ1) is 16.3. The molecule has 1 amide bonds. The van der Waals surface area contributed by atoms with Crippen LogP contribution < -0.4 is 9.80 Å². The number of likely N-dealkylation sites (N-methyl/N-ethyl adjacent to an activating group) is 1. The third-order valence-electron chi connectivity index (χ3n) is 4.30. The molecule has 1 aromatic rings. The summed E-state index contributed by atoms with van der Waals surface area (Å²) in [5.74, 6) is 0.725. The van der Waals surface area contributed by atoms with E-state index in [1.165, 1.54) is 11.8 Å². The fraction of sp³-hybridized carbons (Fsp3) is 0.562. The van der Waals surface area contributed by atoms with E-state index in [-0.39, 0.29) is 16.3 Å². The molecular weight excluding hydrogens is 312 g/mol. The predicted octanol–water partition coefficient (Wildman–Crippen LogP) is 1.22. The molecular formula is C16H22N4O2S. The Hall–Kier alpha value is -1.60. The molecule has 3 rings (SSSR count). The Morgan fingerprint density at radius 2 is 2.00 bits per heavy atom. The van der Waals surface area contributed by atoms with Gasteiger partial charge in [-0.1, -0.05) is 11.8 Å². The number of thioether (sulfide) groups is 1. The Morgan fingerprint density at radius 3 is 2.61 bits per heavy atom. The molecule has 1 aromatic heterocycles. The van der Waals surface area contributed by atoms with Crippen LogP contribution in [0.4, 0.5) is 11.5 Å². The summed E-state index contributed by atoms with van der Waals surface area (Å²) >= 11 is 1.25. The summed E-state index contributed by atoms with van der Waals surface area (Å²) in [5.41, 5.74) is 1.10. The van der Waals surface area contributed by atoms with Gasteiger partial charge in [0, 0.05) is 51.3 Å². The Kier molecular flexibility index (Phi) is 4.87. The van der Waals surface area contributed by atoms with Gasteiger partial charge in [0.15, 0.2) is 5.12 Å². The maximum absolute atomic E-state index is 12.1. The van der Waals surface area contributed by atoms with Gasteiger partial charge in [-0.05, 0) is 19.2 Å². The number of carbonyl (C=O) groups is 2. The van der Waals surface area contributed by atoms with Gasteiger partial charge in [0.05, 0.1) is 11.9 Å². The largest absolute Gasteiger partial charge is 0.368 e. The zero-order valence-corrected chi connectivity index (χ0v) is 14.4. The second-order valence-electron chi connectivity index (χ2n) is 6.10. The van der Waals surface area contributed by atoms with Crippen LogP contribution in [-0.4, -0.2) is 65.9 Å². The quantitative estimate of drug-likeness (QED) is 0.828. The van der Waals surface area contributed by atoms with Crippen LogP contribution in [0.3, 0.4) is 0 Å². The lowest BCUT2D eigenvalue weighted by Crippen LogP contribution is -2.44. The van der Waals surface area contributed by atoms with Crippen molar-refractivity contribution >= 4 is 34.3 Å². The van der Waals surface area contributed by atoms with Crippen molar-refractivity contribution in [3.8, 4) is 0 Å². The van der Waals surface area contributed by atoms with Crippen molar-refractivity contribution in [3.63, 3.8) is 0 Å². The van der Waals surface area contributed by atoms with Crippen LogP contribution in [0.15, 0.2) is 18.3 Å². The number of amides is 1. The highest BCUT2D eigenvalue weighted by molar-refractivity contribution is 8.14. The van der Waals surface area contributed by atoms with Gasteiger partial charge in [-0.2, -0.15) is 0 Å². The standard InChI is InChI=1S/C16H22N4O2S/c1-12(21)23-14-9-16(22)20(11-14)15-4-3-13(10-17-15)19-7-5-18(2)6-8-19/h3-4,10,14H,5-9,11H2,1-2H3. The van der Waals surface area contributed by atoms with Gasteiger partial charge in [-0.3, -0.25) is 14.5 Å². The Labute approximate surface area is 140 Å². The minimum absolute atomic E-state index is 0.0408. The average Bonchev–Trinajstić information content (AvgIpc) is 2.88. The van der Waals surface area contributed by atoms with Gasteiger partial charge in [-0.15, -0.1) is 0 Å². The molecule has 2 saturated heterocycles. The molecule has 0 N–H and O–H groups in total. The number of aromatic nitrogens is 1. The maximum atomic E-state index is 12.1. The summed E-state index contributed by atoms with van der Waals surface area (Å²) in [6.07, 6.45) is 2.26. The van der Waals surface area contributed by atoms with Gasteiger partial charge in [-0.25, -0.2) is 4.98 Å². The number of anilines is 2. The second kappa shape index (κ2) is 6.88. The molecule has 0 radical (unpaired) electrons. The smallest absolute Gasteiger partial charge is 0.229 e. The molecule has 2 aliphatic rings. The molecule has 0 bridgehead atoms. The Bertz CT molecular complexity index is 584. The van der Waals surface area contributed by atoms with E-state index in [0.29, 0.717) is 18.8 Å². The van der Waals surface area contributed by atoms with E-state index in [9.17, 15) is 9.59 Å². The highest BCUT2D eigenvalue weighted by Crippen LogP contribution is 2.28. The van der Waals surface area contributed by atoms with Crippen molar-refractivity contribution in [1.82, 2.24) is 9.88 Å². The minimum atomic E-state index is 0.0408. The first-order valence-corrected chi connectivity index (χ1v) is 8.78. The number of hydrogen-bond acceptors (Lipinski definition) is 6. The van der Waals surface area contributed by atoms with Crippen molar-refractivity contribution in [2.24, 2.45) is 0 Å². The molecule has 2 aliphatic heterocycles. The Morgan fingerprint density at radius 1 is 1.26 bits per heavy atom. The maximum Gasteiger partial charge on any atom is 0.229 e. The van der Waals surface area contributed by atoms with Crippen LogP contribution >= 0.6 is 11.8 Å². The van der Waals surface area contributed by atoms with E-state index >= 15 is 0 Å². The molecule has 1 atom stereocenters.